The van der Waals surface area contributed by atoms with E-state index in [4.69, 9.17) is 19.2 Å². The minimum atomic E-state index is -0.856. The lowest BCUT2D eigenvalue weighted by Crippen LogP contribution is -2.30. The summed E-state index contributed by atoms with van der Waals surface area (Å²) < 4.78 is 14.0. The Morgan fingerprint density at radius 1 is 1.10 bits per heavy atom. The summed E-state index contributed by atoms with van der Waals surface area (Å²) >= 11 is -0.856. The van der Waals surface area contributed by atoms with Crippen LogP contribution in [0.25, 0.3) is 5.69 Å². The summed E-state index contributed by atoms with van der Waals surface area (Å²) in [6, 6.07) is 18.2. The van der Waals surface area contributed by atoms with Gasteiger partial charge in [-0.25, -0.2) is 8.86 Å². The number of aromatic nitrogens is 2. The molecule has 0 aliphatic heterocycles. The Hall–Kier alpha value is -2.28. The van der Waals surface area contributed by atoms with Gasteiger partial charge in [0.05, 0.1) is 24.1 Å². The number of nitrogens with two attached hydrogens (primary N) is 1. The van der Waals surface area contributed by atoms with Crippen LogP contribution < -0.4 is 9.92 Å². The second-order valence-electron chi connectivity index (χ2n) is 8.36. The summed E-state index contributed by atoms with van der Waals surface area (Å²) in [4.78, 5) is 0.971. The van der Waals surface area contributed by atoms with Crippen LogP contribution in [0.2, 0.25) is 0 Å². The fraction of sp³-hybridized carbons (Fsp3) is 0.348. The summed E-state index contributed by atoms with van der Waals surface area (Å²) in [5.74, 6) is 0.567. The van der Waals surface area contributed by atoms with Crippen molar-refractivity contribution in [1.29, 1.82) is 0 Å². The van der Waals surface area contributed by atoms with Crippen molar-refractivity contribution in [3.05, 3.63) is 71.4 Å². The van der Waals surface area contributed by atoms with Gasteiger partial charge in [-0.1, -0.05) is 49.7 Å². The van der Waals surface area contributed by atoms with Crippen LogP contribution in [-0.2, 0) is 22.1 Å². The SMILES string of the molecule is CO[S+](Oc1nn(-c2ccc(C)cc2)c2c1C(N)CC(C)(C)C2)c1ccccc1. The van der Waals surface area contributed by atoms with Crippen molar-refractivity contribution in [2.45, 2.75) is 44.6 Å². The highest BCUT2D eigenvalue weighted by Crippen LogP contribution is 2.44. The second kappa shape index (κ2) is 7.86. The van der Waals surface area contributed by atoms with Crippen LogP contribution in [0.15, 0.2) is 59.5 Å². The fourth-order valence-corrected chi connectivity index (χ4v) is 4.95. The van der Waals surface area contributed by atoms with E-state index in [1.807, 2.05) is 35.0 Å². The van der Waals surface area contributed by atoms with Crippen molar-refractivity contribution in [3.8, 4) is 11.6 Å². The first-order valence-corrected chi connectivity index (χ1v) is 10.9. The van der Waals surface area contributed by atoms with E-state index in [2.05, 4.69) is 45.0 Å². The average Bonchev–Trinajstić information content (AvgIpc) is 3.04. The molecule has 0 saturated heterocycles. The molecule has 1 aliphatic rings. The molecule has 152 valence electrons. The van der Waals surface area contributed by atoms with Gasteiger partial charge >= 0.3 is 17.3 Å². The van der Waals surface area contributed by atoms with Crippen LogP contribution in [0.3, 0.4) is 0 Å². The first-order chi connectivity index (χ1) is 13.9. The van der Waals surface area contributed by atoms with Crippen LogP contribution in [-0.4, -0.2) is 16.9 Å². The normalized spacial score (nSPS) is 18.9. The fourth-order valence-electron chi connectivity index (χ4n) is 3.95. The molecular weight excluding hydrogens is 382 g/mol. The van der Waals surface area contributed by atoms with Crippen LogP contribution in [0.5, 0.6) is 5.88 Å². The molecule has 2 atom stereocenters. The van der Waals surface area contributed by atoms with Crippen LogP contribution in [0.1, 0.15) is 43.1 Å². The maximum Gasteiger partial charge on any atom is 0.406 e. The maximum atomic E-state index is 6.62. The lowest BCUT2D eigenvalue weighted by molar-refractivity contribution is 0.276. The van der Waals surface area contributed by atoms with Gasteiger partial charge in [-0.15, -0.1) is 9.28 Å². The summed E-state index contributed by atoms with van der Waals surface area (Å²) in [6.07, 6.45) is 1.79. The van der Waals surface area contributed by atoms with Crippen molar-refractivity contribution < 1.29 is 8.37 Å². The molecule has 4 rings (SSSR count). The smallest absolute Gasteiger partial charge is 0.324 e. The third-order valence-corrected chi connectivity index (χ3v) is 6.57. The zero-order valence-corrected chi connectivity index (χ0v) is 18.2. The molecule has 29 heavy (non-hydrogen) atoms. The van der Waals surface area contributed by atoms with Gasteiger partial charge in [-0.2, -0.15) is 0 Å². The van der Waals surface area contributed by atoms with E-state index >= 15 is 0 Å². The molecule has 5 nitrogen and oxygen atoms in total. The van der Waals surface area contributed by atoms with Gasteiger partial charge in [0.1, 0.15) is 0 Å². The molecule has 0 spiro atoms. The molecule has 1 aromatic heterocycles. The third-order valence-electron chi connectivity index (χ3n) is 5.30. The monoisotopic (exact) mass is 410 g/mol. The Balaban J connectivity index is 1.79. The number of hydrogen-bond acceptors (Lipinski definition) is 4. The molecule has 0 bridgehead atoms. The van der Waals surface area contributed by atoms with E-state index in [0.29, 0.717) is 5.88 Å². The van der Waals surface area contributed by atoms with E-state index in [9.17, 15) is 0 Å². The van der Waals surface area contributed by atoms with E-state index in [1.54, 1.807) is 7.11 Å². The Morgan fingerprint density at radius 3 is 2.45 bits per heavy atom. The molecule has 2 unspecified atom stereocenters. The van der Waals surface area contributed by atoms with Gasteiger partial charge in [0.15, 0.2) is 0 Å². The van der Waals surface area contributed by atoms with Crippen LogP contribution >= 0.6 is 0 Å². The highest BCUT2D eigenvalue weighted by Gasteiger charge is 2.40. The van der Waals surface area contributed by atoms with E-state index < -0.39 is 11.5 Å². The van der Waals surface area contributed by atoms with Crippen molar-refractivity contribution in [1.82, 2.24) is 9.78 Å². The molecular formula is C23H28N3O2S+. The molecule has 0 fully saturated rings. The third kappa shape index (κ3) is 4.06. The van der Waals surface area contributed by atoms with Gasteiger partial charge in [0.2, 0.25) is 4.90 Å². The summed E-state index contributed by atoms with van der Waals surface area (Å²) in [5.41, 5.74) is 11.1. The zero-order valence-electron chi connectivity index (χ0n) is 17.4. The van der Waals surface area contributed by atoms with E-state index in [1.165, 1.54) is 5.56 Å². The molecule has 0 amide bonds. The van der Waals surface area contributed by atoms with Crippen molar-refractivity contribution in [2.24, 2.45) is 11.1 Å². The Kier molecular flexibility index (Phi) is 5.42. The molecule has 0 radical (unpaired) electrons. The van der Waals surface area contributed by atoms with Crippen molar-refractivity contribution in [3.63, 3.8) is 0 Å². The Bertz CT molecular complexity index is 983. The predicted octanol–water partition coefficient (Wildman–Crippen LogP) is 4.69. The van der Waals surface area contributed by atoms with E-state index in [0.717, 1.165) is 34.7 Å². The Labute approximate surface area is 175 Å². The molecule has 2 aromatic carbocycles. The molecule has 0 saturated carbocycles. The minimum Gasteiger partial charge on any atom is -0.324 e. The van der Waals surface area contributed by atoms with Crippen molar-refractivity contribution in [2.75, 3.05) is 7.11 Å². The lowest BCUT2D eigenvalue weighted by Gasteiger charge is -2.33. The van der Waals surface area contributed by atoms with E-state index in [-0.39, 0.29) is 11.5 Å². The molecule has 1 heterocycles. The topological polar surface area (TPSA) is 62.3 Å². The van der Waals surface area contributed by atoms with Gasteiger partial charge < -0.3 is 5.73 Å². The molecule has 2 N–H and O–H groups in total. The number of nitrogens with zero attached hydrogens (tertiary/aromatic N) is 2. The second-order valence-corrected chi connectivity index (χ2v) is 9.80. The summed E-state index contributed by atoms with van der Waals surface area (Å²) in [6.45, 7) is 6.60. The maximum absolute atomic E-state index is 6.62. The number of aryl methyl sites for hydroxylation is 1. The summed E-state index contributed by atoms with van der Waals surface area (Å²) in [5, 5.41) is 4.86. The van der Waals surface area contributed by atoms with Gasteiger partial charge in [-0.3, -0.25) is 0 Å². The number of rotatable bonds is 5. The largest absolute Gasteiger partial charge is 0.406 e. The first-order valence-electron chi connectivity index (χ1n) is 9.84. The predicted molar refractivity (Wildman–Crippen MR) is 117 cm³/mol. The number of fused-ring (bicyclic) bond motifs is 1. The zero-order chi connectivity index (χ0) is 20.6. The first kappa shape index (κ1) is 20.0. The average molecular weight is 411 g/mol. The molecule has 1 aliphatic carbocycles. The molecule has 3 aromatic rings. The quantitative estimate of drug-likeness (QED) is 0.620. The summed E-state index contributed by atoms with van der Waals surface area (Å²) in [7, 11) is 1.66. The van der Waals surface area contributed by atoms with Crippen LogP contribution in [0.4, 0.5) is 0 Å². The van der Waals surface area contributed by atoms with Gasteiger partial charge in [0.25, 0.3) is 0 Å². The highest BCUT2D eigenvalue weighted by molar-refractivity contribution is 7.88. The van der Waals surface area contributed by atoms with Gasteiger partial charge in [0, 0.05) is 18.2 Å². The molecule has 6 heteroatoms. The highest BCUT2D eigenvalue weighted by atomic mass is 32.2. The number of hydrogen-bond donors (Lipinski definition) is 1. The Morgan fingerprint density at radius 2 is 1.79 bits per heavy atom. The van der Waals surface area contributed by atoms with Gasteiger partial charge in [-0.05, 0) is 37.3 Å². The minimum absolute atomic E-state index is 0.106. The lowest BCUT2D eigenvalue weighted by atomic mass is 9.74. The van der Waals surface area contributed by atoms with Crippen LogP contribution in [0, 0.1) is 12.3 Å². The standard InChI is InChI=1S/C23H28N3O2S/c1-16-10-12-17(13-11-16)26-20-15-23(2,3)14-19(24)21(20)22(25-26)28-29(27-4)18-8-6-5-7-9-18/h5-13,19H,14-15,24H2,1-4H3/q+1. The van der Waals surface area contributed by atoms with Crippen molar-refractivity contribution >= 4 is 11.5 Å². The number of benzene rings is 2.